The summed E-state index contributed by atoms with van der Waals surface area (Å²) in [5.41, 5.74) is 1.16. The van der Waals surface area contributed by atoms with Gasteiger partial charge < -0.3 is 29.2 Å². The summed E-state index contributed by atoms with van der Waals surface area (Å²) in [6.45, 7) is 6.45. The number of hydrogen-bond acceptors (Lipinski definition) is 6. The van der Waals surface area contributed by atoms with Crippen molar-refractivity contribution in [2.45, 2.75) is 57.1 Å². The van der Waals surface area contributed by atoms with Gasteiger partial charge in [0.05, 0.1) is 0 Å². The van der Waals surface area contributed by atoms with E-state index in [4.69, 9.17) is 18.9 Å². The number of hydrogen-bond donors (Lipinski definition) is 1. The fraction of sp³-hybridized carbons (Fsp3) is 0.481. The van der Waals surface area contributed by atoms with E-state index in [0.29, 0.717) is 36.1 Å². The van der Waals surface area contributed by atoms with E-state index < -0.39 is 17.1 Å². The van der Waals surface area contributed by atoms with Crippen molar-refractivity contribution in [2.24, 2.45) is 5.92 Å². The third-order valence-electron chi connectivity index (χ3n) is 7.20. The molecule has 4 aliphatic rings. The summed E-state index contributed by atoms with van der Waals surface area (Å²) in [5.74, 6) is 2.33. The van der Waals surface area contributed by atoms with Gasteiger partial charge in [0.25, 0.3) is 0 Å². The first-order valence-corrected chi connectivity index (χ1v) is 12.2. The Kier molecular flexibility index (Phi) is 4.92. The number of amides is 2. The summed E-state index contributed by atoms with van der Waals surface area (Å²) in [6.07, 6.45) is 2.38. The lowest BCUT2D eigenvalue weighted by molar-refractivity contribution is -0.122. The van der Waals surface area contributed by atoms with Crippen molar-refractivity contribution in [3.05, 3.63) is 47.5 Å². The predicted octanol–water partition coefficient (Wildman–Crippen LogP) is 4.13. The van der Waals surface area contributed by atoms with Crippen molar-refractivity contribution < 1.29 is 28.5 Å². The normalized spacial score (nSPS) is 22.6. The van der Waals surface area contributed by atoms with Gasteiger partial charge in [-0.15, -0.1) is 0 Å². The van der Waals surface area contributed by atoms with Crippen LogP contribution in [0.5, 0.6) is 17.2 Å². The maximum absolute atomic E-state index is 14.1. The molecule has 1 N–H and O–H groups in total. The van der Waals surface area contributed by atoms with Gasteiger partial charge in [0, 0.05) is 29.9 Å². The summed E-state index contributed by atoms with van der Waals surface area (Å²) in [7, 11) is 0. The molecule has 1 saturated carbocycles. The lowest BCUT2D eigenvalue weighted by Gasteiger charge is -2.26. The zero-order chi connectivity index (χ0) is 24.4. The highest BCUT2D eigenvalue weighted by Gasteiger charge is 2.57. The molecule has 2 aromatic rings. The van der Waals surface area contributed by atoms with Crippen LogP contribution in [-0.2, 0) is 14.9 Å². The number of alkyl carbamates (subject to hydrolysis) is 1. The standard InChI is InChI=1S/C27H30N2O6/c1-26(2,3)35-25(31)28-19(16-8-9-16)10-11-29-20-7-5-4-6-17(20)27(24(29)30)14-32-21-13-23-22(12-18(21)27)33-15-34-23/h4-7,12-13,16,19H,8-11,14-15H2,1-3H3,(H,28,31). The number of benzene rings is 2. The summed E-state index contributed by atoms with van der Waals surface area (Å²) in [6, 6.07) is 11.6. The Morgan fingerprint density at radius 3 is 2.60 bits per heavy atom. The molecule has 3 aliphatic heterocycles. The van der Waals surface area contributed by atoms with E-state index in [9.17, 15) is 9.59 Å². The van der Waals surface area contributed by atoms with Crippen LogP contribution in [0.2, 0.25) is 0 Å². The van der Waals surface area contributed by atoms with E-state index in [0.717, 1.165) is 29.7 Å². The molecule has 0 aromatic heterocycles. The lowest BCUT2D eigenvalue weighted by atomic mass is 9.77. The third-order valence-corrected chi connectivity index (χ3v) is 7.20. The van der Waals surface area contributed by atoms with Crippen molar-refractivity contribution in [1.29, 1.82) is 0 Å². The summed E-state index contributed by atoms with van der Waals surface area (Å²) >= 11 is 0. The van der Waals surface area contributed by atoms with Gasteiger partial charge in [-0.3, -0.25) is 4.79 Å². The second kappa shape index (κ2) is 7.80. The average Bonchev–Trinajstić information content (AvgIpc) is 3.36. The Bertz CT molecular complexity index is 1200. The van der Waals surface area contributed by atoms with Crippen LogP contribution >= 0.6 is 0 Å². The number of nitrogens with one attached hydrogen (secondary N) is 1. The quantitative estimate of drug-likeness (QED) is 0.695. The van der Waals surface area contributed by atoms with Crippen molar-refractivity contribution in [3.8, 4) is 17.2 Å². The van der Waals surface area contributed by atoms with Crippen LogP contribution in [0.1, 0.15) is 51.2 Å². The minimum Gasteiger partial charge on any atom is -0.491 e. The fourth-order valence-corrected chi connectivity index (χ4v) is 5.44. The van der Waals surface area contributed by atoms with Crippen LogP contribution in [0.15, 0.2) is 36.4 Å². The van der Waals surface area contributed by atoms with E-state index in [1.165, 1.54) is 0 Å². The first-order valence-electron chi connectivity index (χ1n) is 12.2. The van der Waals surface area contributed by atoms with Crippen LogP contribution in [0, 0.1) is 5.92 Å². The Morgan fingerprint density at radius 2 is 1.86 bits per heavy atom. The number of anilines is 1. The molecule has 8 heteroatoms. The van der Waals surface area contributed by atoms with Crippen LogP contribution in [0.3, 0.4) is 0 Å². The molecule has 1 fully saturated rings. The first-order chi connectivity index (χ1) is 16.8. The number of carbonyl (C=O) groups excluding carboxylic acids is 2. The minimum absolute atomic E-state index is 0.0110. The maximum atomic E-state index is 14.1. The average molecular weight is 479 g/mol. The highest BCUT2D eigenvalue weighted by atomic mass is 16.7. The maximum Gasteiger partial charge on any atom is 0.407 e. The van der Waals surface area contributed by atoms with Crippen LogP contribution in [0.4, 0.5) is 10.5 Å². The van der Waals surface area contributed by atoms with Crippen molar-refractivity contribution in [1.82, 2.24) is 5.32 Å². The molecule has 2 atom stereocenters. The fourth-order valence-electron chi connectivity index (χ4n) is 5.44. The molecule has 8 nitrogen and oxygen atoms in total. The molecule has 2 amide bonds. The van der Waals surface area contributed by atoms with E-state index in [2.05, 4.69) is 5.32 Å². The molecule has 0 radical (unpaired) electrons. The van der Waals surface area contributed by atoms with E-state index in [1.54, 1.807) is 0 Å². The second-order valence-electron chi connectivity index (χ2n) is 10.7. The van der Waals surface area contributed by atoms with Gasteiger partial charge in [-0.05, 0) is 63.6 Å². The van der Waals surface area contributed by atoms with Gasteiger partial charge >= 0.3 is 6.09 Å². The molecular weight excluding hydrogens is 448 g/mol. The monoisotopic (exact) mass is 478 g/mol. The SMILES string of the molecule is CC(C)(C)OC(=O)NC(CCN1C(=O)C2(COc3cc4c(cc32)OCO4)c2ccccc21)C1CC1. The molecule has 6 rings (SSSR count). The Hall–Kier alpha value is -3.42. The van der Waals surface area contributed by atoms with Gasteiger partial charge in [-0.1, -0.05) is 18.2 Å². The molecule has 1 aliphatic carbocycles. The van der Waals surface area contributed by atoms with E-state index >= 15 is 0 Å². The van der Waals surface area contributed by atoms with Gasteiger partial charge in [0.2, 0.25) is 12.7 Å². The number of fused-ring (bicyclic) bond motifs is 5. The molecule has 0 saturated heterocycles. The van der Waals surface area contributed by atoms with E-state index in [-0.39, 0.29) is 25.3 Å². The number of carbonyl (C=O) groups is 2. The van der Waals surface area contributed by atoms with Crippen molar-refractivity contribution in [3.63, 3.8) is 0 Å². The predicted molar refractivity (Wildman–Crippen MR) is 128 cm³/mol. The molecule has 184 valence electrons. The van der Waals surface area contributed by atoms with Crippen molar-refractivity contribution in [2.75, 3.05) is 24.8 Å². The van der Waals surface area contributed by atoms with Crippen LogP contribution < -0.4 is 24.4 Å². The molecular formula is C27H30N2O6. The van der Waals surface area contributed by atoms with Crippen molar-refractivity contribution >= 4 is 17.7 Å². The highest BCUT2D eigenvalue weighted by molar-refractivity contribution is 6.11. The number of para-hydroxylation sites is 1. The molecule has 0 bridgehead atoms. The van der Waals surface area contributed by atoms with Gasteiger partial charge in [-0.25, -0.2) is 4.79 Å². The summed E-state index contributed by atoms with van der Waals surface area (Å²) in [4.78, 5) is 28.4. The smallest absolute Gasteiger partial charge is 0.407 e. The van der Waals surface area contributed by atoms with Crippen LogP contribution in [0.25, 0.3) is 0 Å². The van der Waals surface area contributed by atoms with Crippen LogP contribution in [-0.4, -0.2) is 43.6 Å². The molecule has 1 spiro atoms. The zero-order valence-corrected chi connectivity index (χ0v) is 20.3. The van der Waals surface area contributed by atoms with Gasteiger partial charge in [-0.2, -0.15) is 0 Å². The highest BCUT2D eigenvalue weighted by Crippen LogP contribution is 2.55. The Labute approximate surface area is 204 Å². The first kappa shape index (κ1) is 22.1. The number of rotatable bonds is 5. The molecule has 35 heavy (non-hydrogen) atoms. The Morgan fingerprint density at radius 1 is 1.11 bits per heavy atom. The zero-order valence-electron chi connectivity index (χ0n) is 20.3. The summed E-state index contributed by atoms with van der Waals surface area (Å²) < 4.78 is 22.6. The summed E-state index contributed by atoms with van der Waals surface area (Å²) in [5, 5.41) is 3.05. The molecule has 2 unspecified atom stereocenters. The van der Waals surface area contributed by atoms with E-state index in [1.807, 2.05) is 62.1 Å². The molecule has 3 heterocycles. The third kappa shape index (κ3) is 3.66. The van der Waals surface area contributed by atoms with Gasteiger partial charge in [0.15, 0.2) is 11.5 Å². The van der Waals surface area contributed by atoms with Gasteiger partial charge in [0.1, 0.15) is 23.4 Å². The topological polar surface area (TPSA) is 86.3 Å². The number of ether oxygens (including phenoxy) is 4. The minimum atomic E-state index is -0.916. The largest absolute Gasteiger partial charge is 0.491 e. The lowest BCUT2D eigenvalue weighted by Crippen LogP contribution is -2.45. The second-order valence-corrected chi connectivity index (χ2v) is 10.7. The number of nitrogens with zero attached hydrogens (tertiary/aromatic N) is 1. The Balaban J connectivity index is 1.27. The molecule has 2 aromatic carbocycles.